The van der Waals surface area contributed by atoms with Crippen molar-refractivity contribution in [3.05, 3.63) is 47.3 Å². The van der Waals surface area contributed by atoms with Gasteiger partial charge >= 0.3 is 0 Å². The number of amides is 1. The lowest BCUT2D eigenvalue weighted by molar-refractivity contribution is 0.100. The number of carbonyl (C=O) groups is 1. The van der Waals surface area contributed by atoms with Crippen LogP contribution in [0, 0.1) is 6.92 Å². The summed E-state index contributed by atoms with van der Waals surface area (Å²) in [5.41, 5.74) is 14.6. The highest BCUT2D eigenvalue weighted by molar-refractivity contribution is 5.92. The predicted octanol–water partition coefficient (Wildman–Crippen LogP) is 1.17. The molecule has 1 amide bonds. The Bertz CT molecular complexity index is 601. The highest BCUT2D eigenvalue weighted by Gasteiger charge is 2.08. The molecule has 1 aromatic heterocycles. The molecular weight excluding hydrogens is 240 g/mol. The second-order valence-electron chi connectivity index (χ2n) is 4.84. The number of carbonyl (C=O) groups excluding carboxylic acids is 1. The van der Waals surface area contributed by atoms with E-state index in [1.54, 1.807) is 10.9 Å². The van der Waals surface area contributed by atoms with Gasteiger partial charge in [0.15, 0.2) is 0 Å². The van der Waals surface area contributed by atoms with E-state index >= 15 is 0 Å². The maximum absolute atomic E-state index is 11.1. The van der Waals surface area contributed by atoms with Crippen molar-refractivity contribution in [2.24, 2.45) is 11.5 Å². The number of aromatic nitrogens is 2. The zero-order chi connectivity index (χ0) is 14.0. The van der Waals surface area contributed by atoms with Gasteiger partial charge in [0.2, 0.25) is 0 Å². The van der Waals surface area contributed by atoms with Crippen LogP contribution in [-0.2, 0) is 6.42 Å². The van der Waals surface area contributed by atoms with E-state index in [1.165, 1.54) is 11.8 Å². The fourth-order valence-corrected chi connectivity index (χ4v) is 2.06. The second-order valence-corrected chi connectivity index (χ2v) is 4.84. The monoisotopic (exact) mass is 258 g/mol. The van der Waals surface area contributed by atoms with Crippen LogP contribution in [0.2, 0.25) is 0 Å². The molecule has 0 fully saturated rings. The van der Waals surface area contributed by atoms with E-state index < -0.39 is 5.91 Å². The number of hydrogen-bond acceptors (Lipinski definition) is 3. The van der Waals surface area contributed by atoms with E-state index in [2.05, 4.69) is 11.2 Å². The third kappa shape index (κ3) is 3.00. The number of nitrogens with zero attached hydrogens (tertiary/aromatic N) is 2. The van der Waals surface area contributed by atoms with Gasteiger partial charge in [0.25, 0.3) is 5.91 Å². The van der Waals surface area contributed by atoms with Crippen molar-refractivity contribution in [3.8, 4) is 5.69 Å². The SMILES string of the molecule is Cc1cc(CC(C)N)ccc1-n1cc(C(N)=O)cn1. The zero-order valence-corrected chi connectivity index (χ0v) is 11.1. The third-order valence-corrected chi connectivity index (χ3v) is 2.93. The fourth-order valence-electron chi connectivity index (χ4n) is 2.06. The standard InChI is InChI=1S/C14H18N4O/c1-9-5-11(6-10(2)15)3-4-13(9)18-8-12(7-17-18)14(16)19/h3-5,7-8,10H,6,15H2,1-2H3,(H2,16,19). The van der Waals surface area contributed by atoms with Crippen LogP contribution in [0.4, 0.5) is 0 Å². The molecule has 5 heteroatoms. The molecule has 5 nitrogen and oxygen atoms in total. The van der Waals surface area contributed by atoms with Crippen LogP contribution in [0.5, 0.6) is 0 Å². The average molecular weight is 258 g/mol. The van der Waals surface area contributed by atoms with Crippen LogP contribution in [0.3, 0.4) is 0 Å². The van der Waals surface area contributed by atoms with Crippen molar-refractivity contribution in [2.45, 2.75) is 26.3 Å². The molecule has 100 valence electrons. The van der Waals surface area contributed by atoms with Crippen LogP contribution in [0.15, 0.2) is 30.6 Å². The molecule has 1 aromatic carbocycles. The number of primary amides is 1. The van der Waals surface area contributed by atoms with Gasteiger partial charge in [-0.15, -0.1) is 0 Å². The van der Waals surface area contributed by atoms with Gasteiger partial charge in [-0.05, 0) is 37.5 Å². The molecule has 1 atom stereocenters. The molecule has 0 aliphatic rings. The Morgan fingerprint density at radius 3 is 2.74 bits per heavy atom. The molecule has 1 heterocycles. The zero-order valence-electron chi connectivity index (χ0n) is 11.1. The Morgan fingerprint density at radius 1 is 1.47 bits per heavy atom. The molecule has 0 saturated carbocycles. The first kappa shape index (κ1) is 13.3. The van der Waals surface area contributed by atoms with Gasteiger partial charge in [-0.3, -0.25) is 4.79 Å². The van der Waals surface area contributed by atoms with Crippen molar-refractivity contribution >= 4 is 5.91 Å². The van der Waals surface area contributed by atoms with E-state index in [0.29, 0.717) is 5.56 Å². The molecule has 0 saturated heterocycles. The summed E-state index contributed by atoms with van der Waals surface area (Å²) in [6.07, 6.45) is 3.94. The van der Waals surface area contributed by atoms with Crippen LogP contribution >= 0.6 is 0 Å². The van der Waals surface area contributed by atoms with Crippen molar-refractivity contribution < 1.29 is 4.79 Å². The maximum Gasteiger partial charge on any atom is 0.251 e. The van der Waals surface area contributed by atoms with Crippen molar-refractivity contribution in [2.75, 3.05) is 0 Å². The molecule has 1 unspecified atom stereocenters. The Labute approximate surface area is 112 Å². The lowest BCUT2D eigenvalue weighted by Crippen LogP contribution is -2.17. The van der Waals surface area contributed by atoms with Gasteiger partial charge in [0, 0.05) is 12.2 Å². The fraction of sp³-hybridized carbons (Fsp3) is 0.286. The molecule has 0 bridgehead atoms. The van der Waals surface area contributed by atoms with Crippen LogP contribution in [0.1, 0.15) is 28.4 Å². The number of rotatable bonds is 4. The van der Waals surface area contributed by atoms with Gasteiger partial charge in [-0.1, -0.05) is 12.1 Å². The Hall–Kier alpha value is -2.14. The predicted molar refractivity (Wildman–Crippen MR) is 74.2 cm³/mol. The number of hydrogen-bond donors (Lipinski definition) is 2. The largest absolute Gasteiger partial charge is 0.366 e. The lowest BCUT2D eigenvalue weighted by atomic mass is 10.0. The van der Waals surface area contributed by atoms with E-state index in [1.807, 2.05) is 26.0 Å². The maximum atomic E-state index is 11.1. The Balaban J connectivity index is 2.32. The minimum atomic E-state index is -0.475. The number of benzene rings is 1. The molecule has 0 aliphatic heterocycles. The summed E-state index contributed by atoms with van der Waals surface area (Å²) in [4.78, 5) is 11.1. The van der Waals surface area contributed by atoms with Gasteiger partial charge in [-0.2, -0.15) is 5.10 Å². The number of nitrogens with two attached hydrogens (primary N) is 2. The van der Waals surface area contributed by atoms with Crippen LogP contribution in [0.25, 0.3) is 5.69 Å². The summed E-state index contributed by atoms with van der Waals surface area (Å²) in [5, 5.41) is 4.15. The molecule has 0 aliphatic carbocycles. The summed E-state index contributed by atoms with van der Waals surface area (Å²) in [7, 11) is 0. The van der Waals surface area contributed by atoms with E-state index in [4.69, 9.17) is 11.5 Å². The van der Waals surface area contributed by atoms with Crippen molar-refractivity contribution in [1.82, 2.24) is 9.78 Å². The smallest absolute Gasteiger partial charge is 0.251 e. The first-order valence-electron chi connectivity index (χ1n) is 6.17. The molecule has 0 radical (unpaired) electrons. The second kappa shape index (κ2) is 5.24. The average Bonchev–Trinajstić information content (AvgIpc) is 2.77. The summed E-state index contributed by atoms with van der Waals surface area (Å²) >= 11 is 0. The van der Waals surface area contributed by atoms with E-state index in [9.17, 15) is 4.79 Å². The molecule has 2 rings (SSSR count). The normalized spacial score (nSPS) is 12.4. The van der Waals surface area contributed by atoms with Crippen LogP contribution < -0.4 is 11.5 Å². The molecule has 4 N–H and O–H groups in total. The quantitative estimate of drug-likeness (QED) is 0.863. The molecular formula is C14H18N4O. The minimum absolute atomic E-state index is 0.136. The Kier molecular flexibility index (Phi) is 3.66. The van der Waals surface area contributed by atoms with E-state index in [-0.39, 0.29) is 6.04 Å². The van der Waals surface area contributed by atoms with Crippen molar-refractivity contribution in [1.29, 1.82) is 0 Å². The van der Waals surface area contributed by atoms with Gasteiger partial charge < -0.3 is 11.5 Å². The first-order valence-corrected chi connectivity index (χ1v) is 6.17. The molecule has 2 aromatic rings. The van der Waals surface area contributed by atoms with Gasteiger partial charge in [-0.25, -0.2) is 4.68 Å². The van der Waals surface area contributed by atoms with E-state index in [0.717, 1.165) is 17.7 Å². The van der Waals surface area contributed by atoms with Gasteiger partial charge in [0.05, 0.1) is 17.4 Å². The highest BCUT2D eigenvalue weighted by atomic mass is 16.1. The summed E-state index contributed by atoms with van der Waals surface area (Å²) in [5.74, 6) is -0.475. The van der Waals surface area contributed by atoms with Crippen LogP contribution in [-0.4, -0.2) is 21.7 Å². The topological polar surface area (TPSA) is 86.9 Å². The Morgan fingerprint density at radius 2 is 2.21 bits per heavy atom. The summed E-state index contributed by atoms with van der Waals surface area (Å²) in [6.45, 7) is 3.99. The minimum Gasteiger partial charge on any atom is -0.366 e. The lowest BCUT2D eigenvalue weighted by Gasteiger charge is -2.10. The van der Waals surface area contributed by atoms with Gasteiger partial charge in [0.1, 0.15) is 0 Å². The third-order valence-electron chi connectivity index (χ3n) is 2.93. The van der Waals surface area contributed by atoms with Crippen molar-refractivity contribution in [3.63, 3.8) is 0 Å². The molecule has 0 spiro atoms. The summed E-state index contributed by atoms with van der Waals surface area (Å²) in [6, 6.07) is 6.23. The summed E-state index contributed by atoms with van der Waals surface area (Å²) < 4.78 is 1.66. The molecule has 19 heavy (non-hydrogen) atoms. The number of aryl methyl sites for hydroxylation is 1. The first-order chi connectivity index (χ1) is 8.97. The highest BCUT2D eigenvalue weighted by Crippen LogP contribution is 2.16.